The van der Waals surface area contributed by atoms with Crippen molar-refractivity contribution in [2.45, 2.75) is 68.5 Å². The normalized spacial score (nSPS) is 14.5. The smallest absolute Gasteiger partial charge is 0.335 e. The van der Waals surface area contributed by atoms with Crippen molar-refractivity contribution in [2.24, 2.45) is 0 Å². The Balaban J connectivity index is 2.78. The van der Waals surface area contributed by atoms with Crippen LogP contribution in [-0.2, 0) is 30.7 Å². The monoisotopic (exact) mass is 468 g/mol. The van der Waals surface area contributed by atoms with E-state index in [-0.39, 0.29) is 17.2 Å². The van der Waals surface area contributed by atoms with Crippen molar-refractivity contribution in [2.75, 3.05) is 13.2 Å². The third kappa shape index (κ3) is 9.95. The van der Waals surface area contributed by atoms with Crippen LogP contribution in [0.25, 0.3) is 0 Å². The summed E-state index contributed by atoms with van der Waals surface area (Å²) >= 11 is 16.9. The maximum Gasteiger partial charge on any atom is 0.335 e. The predicted octanol–water partition coefficient (Wildman–Crippen LogP) is 5.10. The van der Waals surface area contributed by atoms with E-state index in [2.05, 4.69) is 34.6 Å². The first-order valence-corrected chi connectivity index (χ1v) is 11.7. The first-order chi connectivity index (χ1) is 12.7. The maximum absolute atomic E-state index is 12.3. The molecule has 1 aromatic rings. The molecule has 1 aromatic carbocycles. The van der Waals surface area contributed by atoms with Gasteiger partial charge in [-0.3, -0.25) is 0 Å². The van der Waals surface area contributed by atoms with E-state index in [0.717, 1.165) is 11.1 Å². The van der Waals surface area contributed by atoms with E-state index in [1.807, 2.05) is 31.2 Å². The van der Waals surface area contributed by atoms with Crippen LogP contribution in [0.4, 0.5) is 0 Å². The van der Waals surface area contributed by atoms with Gasteiger partial charge in [0.2, 0.25) is 3.79 Å². The van der Waals surface area contributed by atoms with Crippen LogP contribution in [0.5, 0.6) is 0 Å². The number of hydrogen-bond acceptors (Lipinski definition) is 4. The molecule has 28 heavy (non-hydrogen) atoms. The molecular weight excluding hydrogens is 439 g/mol. The highest BCUT2D eigenvalue weighted by Crippen LogP contribution is 2.30. The van der Waals surface area contributed by atoms with E-state index in [1.165, 1.54) is 0 Å². The lowest BCUT2D eigenvalue weighted by atomic mass is 9.96. The summed E-state index contributed by atoms with van der Waals surface area (Å²) in [5.41, 5.74) is 1.71. The fourth-order valence-corrected chi connectivity index (χ4v) is 3.52. The summed E-state index contributed by atoms with van der Waals surface area (Å²) in [7, 11) is -0.675. The molecule has 1 atom stereocenters. The molecule has 0 saturated carbocycles. The van der Waals surface area contributed by atoms with Gasteiger partial charge in [-0.05, 0) is 36.9 Å². The summed E-state index contributed by atoms with van der Waals surface area (Å²) in [5.74, 6) is -0.544. The lowest BCUT2D eigenvalue weighted by Crippen LogP contribution is -2.31. The molecule has 0 saturated heterocycles. The van der Waals surface area contributed by atoms with Gasteiger partial charge in [0.05, 0.1) is 5.60 Å². The van der Waals surface area contributed by atoms with Crippen LogP contribution in [-0.4, -0.2) is 38.8 Å². The van der Waals surface area contributed by atoms with Crippen molar-refractivity contribution in [1.29, 1.82) is 0 Å². The average Bonchev–Trinajstić information content (AvgIpc) is 2.57. The van der Waals surface area contributed by atoms with Gasteiger partial charge in [0.1, 0.15) is 6.61 Å². The van der Waals surface area contributed by atoms with Crippen molar-refractivity contribution < 1.29 is 18.7 Å². The number of benzene rings is 1. The molecule has 0 aliphatic heterocycles. The van der Waals surface area contributed by atoms with Gasteiger partial charge in [-0.2, -0.15) is 0 Å². The number of carbonyl (C=O) groups is 1. The lowest BCUT2D eigenvalue weighted by Gasteiger charge is -2.30. The van der Waals surface area contributed by atoms with Crippen molar-refractivity contribution in [3.05, 3.63) is 35.4 Å². The average molecular weight is 470 g/mol. The molecular formula is C20H31Cl3O4Si. The Kier molecular flexibility index (Phi) is 9.78. The molecule has 0 aliphatic rings. The SMILES string of the molecule is CCOC(Cc1ccc(C(C)(C)O[SiH2]C(C)(C)C)cc1)C(=O)OCC(Cl)(Cl)Cl. The van der Waals surface area contributed by atoms with Crippen LogP contribution in [0.3, 0.4) is 0 Å². The van der Waals surface area contributed by atoms with Gasteiger partial charge >= 0.3 is 5.97 Å². The van der Waals surface area contributed by atoms with Gasteiger partial charge in [-0.1, -0.05) is 79.8 Å². The molecule has 1 rings (SSSR count). The molecule has 0 aromatic heterocycles. The van der Waals surface area contributed by atoms with E-state index in [9.17, 15) is 4.79 Å². The number of ether oxygens (including phenoxy) is 2. The van der Waals surface area contributed by atoms with Crippen LogP contribution in [0.15, 0.2) is 24.3 Å². The van der Waals surface area contributed by atoms with Crippen molar-refractivity contribution in [3.8, 4) is 0 Å². The highest BCUT2D eigenvalue weighted by Gasteiger charge is 2.28. The van der Waals surface area contributed by atoms with E-state index in [0.29, 0.717) is 13.0 Å². The summed E-state index contributed by atoms with van der Waals surface area (Å²) in [5, 5.41) is 0.231. The second-order valence-electron chi connectivity index (χ2n) is 8.43. The minimum atomic E-state index is -1.64. The largest absolute Gasteiger partial charge is 0.459 e. The summed E-state index contributed by atoms with van der Waals surface area (Å²) in [6.45, 7) is 12.6. The fourth-order valence-electron chi connectivity index (χ4n) is 2.39. The van der Waals surface area contributed by atoms with E-state index in [1.54, 1.807) is 0 Å². The molecule has 0 aliphatic carbocycles. The molecule has 0 radical (unpaired) electrons. The number of alkyl halides is 3. The summed E-state index contributed by atoms with van der Waals surface area (Å²) < 4.78 is 15.2. The van der Waals surface area contributed by atoms with Gasteiger partial charge in [-0.15, -0.1) is 0 Å². The Hall–Kier alpha value is -0.303. The van der Waals surface area contributed by atoms with Crippen LogP contribution in [0.2, 0.25) is 5.04 Å². The highest BCUT2D eigenvalue weighted by atomic mass is 35.6. The van der Waals surface area contributed by atoms with E-state index >= 15 is 0 Å². The second kappa shape index (κ2) is 10.6. The number of esters is 1. The van der Waals surface area contributed by atoms with Crippen LogP contribution in [0.1, 0.15) is 52.7 Å². The zero-order valence-electron chi connectivity index (χ0n) is 17.5. The Morgan fingerprint density at radius 3 is 2.11 bits per heavy atom. The van der Waals surface area contributed by atoms with Crippen LogP contribution >= 0.6 is 34.8 Å². The molecule has 0 spiro atoms. The Morgan fingerprint density at radius 1 is 1.07 bits per heavy atom. The second-order valence-corrected chi connectivity index (χ2v) is 13.6. The lowest BCUT2D eigenvalue weighted by molar-refractivity contribution is -0.156. The van der Waals surface area contributed by atoms with Crippen molar-refractivity contribution in [1.82, 2.24) is 0 Å². The first-order valence-electron chi connectivity index (χ1n) is 9.32. The molecule has 8 heteroatoms. The predicted molar refractivity (Wildman–Crippen MR) is 119 cm³/mol. The molecule has 0 heterocycles. The van der Waals surface area contributed by atoms with Gasteiger partial charge in [0.25, 0.3) is 0 Å². The topological polar surface area (TPSA) is 44.8 Å². The van der Waals surface area contributed by atoms with Crippen molar-refractivity contribution >= 4 is 50.5 Å². The summed E-state index contributed by atoms with van der Waals surface area (Å²) in [6.07, 6.45) is -0.369. The Morgan fingerprint density at radius 2 is 1.64 bits per heavy atom. The number of rotatable bonds is 9. The molecule has 0 amide bonds. The molecule has 0 bridgehead atoms. The molecule has 160 valence electrons. The minimum absolute atomic E-state index is 0.231. The third-order valence-electron chi connectivity index (χ3n) is 3.95. The zero-order chi connectivity index (χ0) is 21.6. The maximum atomic E-state index is 12.3. The van der Waals surface area contributed by atoms with Gasteiger partial charge < -0.3 is 13.9 Å². The van der Waals surface area contributed by atoms with Gasteiger partial charge in [-0.25, -0.2) is 4.79 Å². The standard InChI is InChI=1S/C20H31Cl3O4Si/c1-7-25-16(17(24)26-13-20(21,22)23)12-14-8-10-15(11-9-14)19(5,6)27-28-18(2,3)4/h8-11,16H,7,12-13,28H2,1-6H3. The van der Waals surface area contributed by atoms with E-state index in [4.69, 9.17) is 48.7 Å². The quantitative estimate of drug-likeness (QED) is 0.287. The first kappa shape index (κ1) is 25.7. The molecule has 4 nitrogen and oxygen atoms in total. The summed E-state index contributed by atoms with van der Waals surface area (Å²) in [4.78, 5) is 12.3. The van der Waals surface area contributed by atoms with Crippen molar-refractivity contribution in [3.63, 3.8) is 0 Å². The third-order valence-corrected chi connectivity index (χ3v) is 6.00. The Bertz CT molecular complexity index is 622. The summed E-state index contributed by atoms with van der Waals surface area (Å²) in [6, 6.07) is 8.02. The molecule has 1 unspecified atom stereocenters. The fraction of sp³-hybridized carbons (Fsp3) is 0.650. The number of hydrogen-bond donors (Lipinski definition) is 0. The van der Waals surface area contributed by atoms with Gasteiger partial charge in [0.15, 0.2) is 15.9 Å². The van der Waals surface area contributed by atoms with Gasteiger partial charge in [0, 0.05) is 13.0 Å². The molecule has 0 fully saturated rings. The van der Waals surface area contributed by atoms with Crippen LogP contribution < -0.4 is 0 Å². The minimum Gasteiger partial charge on any atom is -0.459 e. The van der Waals surface area contributed by atoms with E-state index < -0.39 is 25.6 Å². The molecule has 0 N–H and O–H groups in total. The Labute approximate surface area is 186 Å². The highest BCUT2D eigenvalue weighted by molar-refractivity contribution is 6.67. The zero-order valence-corrected chi connectivity index (χ0v) is 21.2. The number of halogens is 3. The number of carbonyl (C=O) groups excluding carboxylic acids is 1. The van der Waals surface area contributed by atoms with Crippen LogP contribution in [0, 0.1) is 0 Å².